The molecule has 0 aliphatic heterocycles. The van der Waals surface area contributed by atoms with Gasteiger partial charge in [0.1, 0.15) is 0 Å². The van der Waals surface area contributed by atoms with E-state index in [4.69, 9.17) is 5.41 Å². The maximum Gasteiger partial charge on any atom is 0.0607 e. The van der Waals surface area contributed by atoms with Crippen molar-refractivity contribution in [3.8, 4) is 0 Å². The van der Waals surface area contributed by atoms with Gasteiger partial charge in [-0.25, -0.2) is 0 Å². The molecule has 0 aliphatic rings. The van der Waals surface area contributed by atoms with Gasteiger partial charge in [0.15, 0.2) is 0 Å². The Bertz CT molecular complexity index is 46.1. The number of hydrogen-bond donors (Lipinski definition) is 1. The van der Waals surface area contributed by atoms with Crippen LogP contribution in [0.3, 0.4) is 0 Å². The summed E-state index contributed by atoms with van der Waals surface area (Å²) in [6.45, 7) is 1.77. The Morgan fingerprint density at radius 1 is 1.67 bits per heavy atom. The fourth-order valence-electron chi connectivity index (χ4n) is 0. The first-order chi connectivity index (χ1) is 2.27. The van der Waals surface area contributed by atoms with E-state index in [-0.39, 0.29) is 17.0 Å². The Morgan fingerprint density at radius 2 is 1.83 bits per heavy atom. The first-order valence-electron chi connectivity index (χ1n) is 1.36. The summed E-state index contributed by atoms with van der Waals surface area (Å²) in [4.78, 5) is 0. The minimum Gasteiger partial charge on any atom is -0.299 e. The second-order valence-electron chi connectivity index (χ2n) is 0.760. The molecule has 0 saturated carbocycles. The molecule has 0 aromatic carbocycles. The molecular formula is C3H8BrNS. The van der Waals surface area contributed by atoms with Crippen molar-refractivity contribution in [3.05, 3.63) is 0 Å². The van der Waals surface area contributed by atoms with Crippen LogP contribution in [0, 0.1) is 5.41 Å². The average Bonchev–Trinajstić information content (AvgIpc) is 1.38. The van der Waals surface area contributed by atoms with Crippen LogP contribution in [0.2, 0.25) is 0 Å². The minimum atomic E-state index is 0. The van der Waals surface area contributed by atoms with Crippen LogP contribution in [0.15, 0.2) is 0 Å². The minimum absolute atomic E-state index is 0. The van der Waals surface area contributed by atoms with Gasteiger partial charge in [-0.05, 0) is 13.2 Å². The van der Waals surface area contributed by atoms with Crippen LogP contribution in [-0.2, 0) is 0 Å². The molecule has 0 spiro atoms. The van der Waals surface area contributed by atoms with Crippen molar-refractivity contribution in [2.24, 2.45) is 0 Å². The van der Waals surface area contributed by atoms with Gasteiger partial charge in [-0.15, -0.1) is 28.7 Å². The lowest BCUT2D eigenvalue weighted by molar-refractivity contribution is 1.54. The average molecular weight is 170 g/mol. The van der Waals surface area contributed by atoms with Gasteiger partial charge in [0, 0.05) is 0 Å². The Balaban J connectivity index is 0. The molecule has 0 aliphatic carbocycles. The summed E-state index contributed by atoms with van der Waals surface area (Å²) in [5.41, 5.74) is 0. The molecule has 0 unspecified atom stereocenters. The quantitative estimate of drug-likeness (QED) is 0.435. The first-order valence-corrected chi connectivity index (χ1v) is 2.59. The van der Waals surface area contributed by atoms with Crippen molar-refractivity contribution in [1.82, 2.24) is 0 Å². The van der Waals surface area contributed by atoms with Crippen LogP contribution in [0.1, 0.15) is 6.92 Å². The molecule has 0 aromatic heterocycles. The van der Waals surface area contributed by atoms with Gasteiger partial charge in [-0.3, -0.25) is 5.41 Å². The van der Waals surface area contributed by atoms with Crippen LogP contribution in [0.5, 0.6) is 0 Å². The van der Waals surface area contributed by atoms with Crippen LogP contribution < -0.4 is 0 Å². The number of thioether (sulfide) groups is 1. The summed E-state index contributed by atoms with van der Waals surface area (Å²) in [6, 6.07) is 0. The van der Waals surface area contributed by atoms with Crippen molar-refractivity contribution in [3.63, 3.8) is 0 Å². The molecule has 6 heavy (non-hydrogen) atoms. The highest BCUT2D eigenvalue weighted by molar-refractivity contribution is 8.93. The molecule has 0 amide bonds. The largest absolute Gasteiger partial charge is 0.299 e. The molecule has 0 radical (unpaired) electrons. The van der Waals surface area contributed by atoms with E-state index in [0.717, 1.165) is 0 Å². The fourth-order valence-corrected chi connectivity index (χ4v) is 0. The van der Waals surface area contributed by atoms with E-state index in [1.807, 2.05) is 6.26 Å². The van der Waals surface area contributed by atoms with E-state index in [1.165, 1.54) is 11.8 Å². The van der Waals surface area contributed by atoms with E-state index in [0.29, 0.717) is 5.04 Å². The van der Waals surface area contributed by atoms with E-state index in [9.17, 15) is 0 Å². The smallest absolute Gasteiger partial charge is 0.0607 e. The Kier molecular flexibility index (Phi) is 8.90. The zero-order chi connectivity index (χ0) is 4.28. The van der Waals surface area contributed by atoms with Gasteiger partial charge in [-0.2, -0.15) is 0 Å². The van der Waals surface area contributed by atoms with E-state index >= 15 is 0 Å². The van der Waals surface area contributed by atoms with E-state index < -0.39 is 0 Å². The SMILES string of the molecule is Br.CSC(C)=N. The number of halogens is 1. The maximum atomic E-state index is 6.71. The highest BCUT2D eigenvalue weighted by Gasteiger charge is 1.70. The maximum absolute atomic E-state index is 6.71. The van der Waals surface area contributed by atoms with Crippen molar-refractivity contribution in [2.45, 2.75) is 6.92 Å². The number of nitrogens with one attached hydrogen (secondary N) is 1. The summed E-state index contributed by atoms with van der Waals surface area (Å²) in [6.07, 6.45) is 1.89. The highest BCUT2D eigenvalue weighted by atomic mass is 79.9. The monoisotopic (exact) mass is 169 g/mol. The van der Waals surface area contributed by atoms with Crippen molar-refractivity contribution in [2.75, 3.05) is 6.26 Å². The standard InChI is InChI=1S/C3H7NS.BrH/c1-3(4)5-2;/h4H,1-2H3;1H. The van der Waals surface area contributed by atoms with Crippen molar-refractivity contribution in [1.29, 1.82) is 5.41 Å². The number of rotatable bonds is 0. The summed E-state index contributed by atoms with van der Waals surface area (Å²) < 4.78 is 0. The first kappa shape index (κ1) is 9.71. The molecule has 0 atom stereocenters. The molecule has 1 N–H and O–H groups in total. The lowest BCUT2D eigenvalue weighted by Gasteiger charge is -1.77. The fraction of sp³-hybridized carbons (Fsp3) is 0.667. The lowest BCUT2D eigenvalue weighted by Crippen LogP contribution is -1.70. The molecule has 0 aromatic rings. The second-order valence-corrected chi connectivity index (χ2v) is 1.78. The molecule has 3 heteroatoms. The van der Waals surface area contributed by atoms with Crippen LogP contribution in [-0.4, -0.2) is 11.3 Å². The summed E-state index contributed by atoms with van der Waals surface area (Å²) in [5, 5.41) is 7.38. The van der Waals surface area contributed by atoms with Gasteiger partial charge in [-0.1, -0.05) is 0 Å². The Labute approximate surface area is 52.8 Å². The molecule has 0 rings (SSSR count). The van der Waals surface area contributed by atoms with Gasteiger partial charge >= 0.3 is 0 Å². The molecule has 38 valence electrons. The molecule has 0 bridgehead atoms. The van der Waals surface area contributed by atoms with Crippen LogP contribution in [0.4, 0.5) is 0 Å². The van der Waals surface area contributed by atoms with E-state index in [1.54, 1.807) is 6.92 Å². The van der Waals surface area contributed by atoms with Gasteiger partial charge in [0.25, 0.3) is 0 Å². The molecule has 0 fully saturated rings. The molecule has 0 saturated heterocycles. The Hall–Kier alpha value is 0.500. The highest BCUT2D eigenvalue weighted by Crippen LogP contribution is 1.89. The summed E-state index contributed by atoms with van der Waals surface area (Å²) in [5.74, 6) is 0. The summed E-state index contributed by atoms with van der Waals surface area (Å²) >= 11 is 1.46. The normalized spacial score (nSPS) is 6.33. The van der Waals surface area contributed by atoms with Crippen molar-refractivity contribution < 1.29 is 0 Å². The predicted molar refractivity (Wildman–Crippen MR) is 37.2 cm³/mol. The predicted octanol–water partition coefficient (Wildman–Crippen LogP) is 1.92. The zero-order valence-corrected chi connectivity index (χ0v) is 6.35. The van der Waals surface area contributed by atoms with Crippen molar-refractivity contribution >= 4 is 33.8 Å². The van der Waals surface area contributed by atoms with Gasteiger partial charge in [0.2, 0.25) is 0 Å². The third kappa shape index (κ3) is 8.82. The topological polar surface area (TPSA) is 23.9 Å². The van der Waals surface area contributed by atoms with Crippen LogP contribution in [0.25, 0.3) is 0 Å². The summed E-state index contributed by atoms with van der Waals surface area (Å²) in [7, 11) is 0. The third-order valence-electron chi connectivity index (χ3n) is 0.306. The third-order valence-corrected chi connectivity index (χ3v) is 0.919. The van der Waals surface area contributed by atoms with Crippen LogP contribution >= 0.6 is 28.7 Å². The number of hydrogen-bond acceptors (Lipinski definition) is 2. The zero-order valence-electron chi connectivity index (χ0n) is 3.82. The van der Waals surface area contributed by atoms with E-state index in [2.05, 4.69) is 0 Å². The molecular weight excluding hydrogens is 162 g/mol. The van der Waals surface area contributed by atoms with Gasteiger partial charge in [0.05, 0.1) is 5.04 Å². The second kappa shape index (κ2) is 5.50. The van der Waals surface area contributed by atoms with Gasteiger partial charge < -0.3 is 0 Å². The Morgan fingerprint density at radius 3 is 1.83 bits per heavy atom. The molecule has 0 heterocycles. The lowest BCUT2D eigenvalue weighted by atomic mass is 10.9. The molecule has 1 nitrogen and oxygen atoms in total.